The van der Waals surface area contributed by atoms with Crippen LogP contribution in [-0.2, 0) is 0 Å². The van der Waals surface area contributed by atoms with E-state index in [1.165, 1.54) is 18.3 Å². The van der Waals surface area contributed by atoms with E-state index in [1.54, 1.807) is 6.92 Å². The minimum Gasteiger partial charge on any atom is -0.409 e. The van der Waals surface area contributed by atoms with E-state index in [1.807, 2.05) is 0 Å². The minimum atomic E-state index is -0.248. The number of aromatic amines is 1. The Hall–Kier alpha value is -2.42. The van der Waals surface area contributed by atoms with E-state index in [-0.39, 0.29) is 17.1 Å². The molecule has 0 atom stereocenters. The fraction of sp³-hybridized carbons (Fsp3) is 0.100. The van der Waals surface area contributed by atoms with Gasteiger partial charge >= 0.3 is 0 Å². The van der Waals surface area contributed by atoms with E-state index in [0.717, 1.165) is 11.8 Å². The first-order valence-corrected chi connectivity index (χ1v) is 5.97. The van der Waals surface area contributed by atoms with Gasteiger partial charge in [-0.15, -0.1) is 0 Å². The monoisotopic (exact) mass is 278 g/mol. The van der Waals surface area contributed by atoms with Gasteiger partial charge in [-0.2, -0.15) is 0 Å². The van der Waals surface area contributed by atoms with Gasteiger partial charge in [-0.1, -0.05) is 5.16 Å². The van der Waals surface area contributed by atoms with E-state index >= 15 is 0 Å². The molecule has 9 heteroatoms. The maximum Gasteiger partial charge on any atom is 0.251 e. The van der Waals surface area contributed by atoms with Gasteiger partial charge in [0.15, 0.2) is 16.1 Å². The Balaban J connectivity index is 2.31. The maximum atomic E-state index is 11.3. The van der Waals surface area contributed by atoms with Crippen LogP contribution >= 0.6 is 11.8 Å². The molecule has 0 aromatic carbocycles. The highest BCUT2D eigenvalue weighted by Gasteiger charge is 2.07. The summed E-state index contributed by atoms with van der Waals surface area (Å²) in [5.74, 6) is -0.116. The maximum absolute atomic E-state index is 11.3. The van der Waals surface area contributed by atoms with Crippen LogP contribution in [0.1, 0.15) is 11.4 Å². The van der Waals surface area contributed by atoms with Crippen LogP contribution in [0.15, 0.2) is 38.6 Å². The van der Waals surface area contributed by atoms with Crippen LogP contribution in [0.25, 0.3) is 0 Å². The number of nitrogens with two attached hydrogens (primary N) is 1. The number of oxime groups is 1. The van der Waals surface area contributed by atoms with Crippen molar-refractivity contribution in [2.45, 2.75) is 17.2 Å². The molecule has 98 valence electrons. The van der Waals surface area contributed by atoms with Crippen LogP contribution < -0.4 is 11.3 Å². The molecule has 0 amide bonds. The third-order valence-corrected chi connectivity index (χ3v) is 2.81. The molecule has 0 saturated carbocycles. The van der Waals surface area contributed by atoms with Crippen LogP contribution in [0.5, 0.6) is 0 Å². The molecule has 2 heterocycles. The van der Waals surface area contributed by atoms with Crippen molar-refractivity contribution in [1.82, 2.24) is 19.9 Å². The lowest BCUT2D eigenvalue weighted by atomic mass is 10.4. The summed E-state index contributed by atoms with van der Waals surface area (Å²) in [5.41, 5.74) is 6.07. The first kappa shape index (κ1) is 13.0. The quantitative estimate of drug-likeness (QED) is 0.239. The molecule has 0 radical (unpaired) electrons. The van der Waals surface area contributed by atoms with Crippen molar-refractivity contribution in [3.8, 4) is 0 Å². The minimum absolute atomic E-state index is 0.116. The van der Waals surface area contributed by atoms with Crippen molar-refractivity contribution >= 4 is 17.6 Å². The predicted molar refractivity (Wildman–Crippen MR) is 68.3 cm³/mol. The molecule has 8 nitrogen and oxygen atoms in total. The number of aromatic nitrogens is 4. The average molecular weight is 278 g/mol. The number of nitrogens with zero attached hydrogens (tertiary/aromatic N) is 4. The van der Waals surface area contributed by atoms with Crippen molar-refractivity contribution in [3.05, 3.63) is 40.1 Å². The normalized spacial score (nSPS) is 11.5. The summed E-state index contributed by atoms with van der Waals surface area (Å²) >= 11 is 1.08. The van der Waals surface area contributed by atoms with Gasteiger partial charge in [0.2, 0.25) is 0 Å². The van der Waals surface area contributed by atoms with E-state index in [4.69, 9.17) is 10.9 Å². The van der Waals surface area contributed by atoms with Crippen molar-refractivity contribution in [2.24, 2.45) is 10.9 Å². The zero-order valence-electron chi connectivity index (χ0n) is 9.86. The lowest BCUT2D eigenvalue weighted by Crippen LogP contribution is -2.15. The highest BCUT2D eigenvalue weighted by atomic mass is 32.2. The van der Waals surface area contributed by atoms with Crippen molar-refractivity contribution in [3.63, 3.8) is 0 Å². The third-order valence-electron chi connectivity index (χ3n) is 2.04. The molecule has 2 aromatic heterocycles. The van der Waals surface area contributed by atoms with Crippen LogP contribution in [0.3, 0.4) is 0 Å². The fourth-order valence-corrected chi connectivity index (χ4v) is 2.04. The molecule has 0 saturated heterocycles. The molecule has 0 aliphatic rings. The Morgan fingerprint density at radius 1 is 1.53 bits per heavy atom. The summed E-state index contributed by atoms with van der Waals surface area (Å²) in [6.45, 7) is 1.72. The summed E-state index contributed by atoms with van der Waals surface area (Å²) in [6, 6.07) is 2.89. The first-order chi connectivity index (χ1) is 9.08. The van der Waals surface area contributed by atoms with Crippen molar-refractivity contribution in [1.29, 1.82) is 0 Å². The molecule has 0 unspecified atom stereocenters. The molecule has 0 aliphatic carbocycles. The van der Waals surface area contributed by atoms with Crippen LogP contribution in [-0.4, -0.2) is 31.0 Å². The fourth-order valence-electron chi connectivity index (χ4n) is 1.27. The standard InChI is InChI=1S/C10H10N6O2S/c1-5-4-7(17)15-10(13-5)19-9-12-3-2-6(14-9)8(11)16-18/h2-4,18H,1H3,(H2,11,16)(H,13,15,17). The Bertz CT molecular complexity index is 684. The number of aryl methyl sites for hydroxylation is 1. The van der Waals surface area contributed by atoms with Gasteiger partial charge in [-0.3, -0.25) is 4.79 Å². The summed E-state index contributed by atoms with van der Waals surface area (Å²) in [5, 5.41) is 12.1. The van der Waals surface area contributed by atoms with Gasteiger partial charge in [-0.05, 0) is 24.8 Å². The summed E-state index contributed by atoms with van der Waals surface area (Å²) in [6.07, 6.45) is 1.47. The van der Waals surface area contributed by atoms with Gasteiger partial charge in [-0.25, -0.2) is 15.0 Å². The van der Waals surface area contributed by atoms with Crippen molar-refractivity contribution in [2.75, 3.05) is 0 Å². The van der Waals surface area contributed by atoms with E-state index in [2.05, 4.69) is 25.1 Å². The largest absolute Gasteiger partial charge is 0.409 e. The molecule has 4 N–H and O–H groups in total. The van der Waals surface area contributed by atoms with Crippen LogP contribution in [0.4, 0.5) is 0 Å². The predicted octanol–water partition coefficient (Wildman–Crippen LogP) is 0.114. The SMILES string of the molecule is Cc1cc(=O)[nH]c(Sc2nccc(/C(N)=N/O)n2)n1. The molecule has 2 rings (SSSR count). The molecule has 0 spiro atoms. The summed E-state index contributed by atoms with van der Waals surface area (Å²) < 4.78 is 0. The molecule has 0 aliphatic heterocycles. The van der Waals surface area contributed by atoms with Gasteiger partial charge in [0, 0.05) is 18.0 Å². The second kappa shape index (κ2) is 5.48. The summed E-state index contributed by atoms with van der Waals surface area (Å²) in [7, 11) is 0. The lowest BCUT2D eigenvalue weighted by Gasteiger charge is -2.02. The van der Waals surface area contributed by atoms with Crippen molar-refractivity contribution < 1.29 is 5.21 Å². The second-order valence-corrected chi connectivity index (χ2v) is 4.46. The van der Waals surface area contributed by atoms with Gasteiger partial charge in [0.05, 0.1) is 0 Å². The van der Waals surface area contributed by atoms with Gasteiger partial charge < -0.3 is 15.9 Å². The number of hydrogen-bond donors (Lipinski definition) is 3. The Labute approximate surface area is 111 Å². The lowest BCUT2D eigenvalue weighted by molar-refractivity contribution is 0.318. The van der Waals surface area contributed by atoms with E-state index in [0.29, 0.717) is 16.0 Å². The molecular weight excluding hydrogens is 268 g/mol. The number of nitrogens with one attached hydrogen (secondary N) is 1. The van der Waals surface area contributed by atoms with Crippen LogP contribution in [0, 0.1) is 6.92 Å². The molecular formula is C10H10N6O2S. The van der Waals surface area contributed by atoms with E-state index < -0.39 is 0 Å². The van der Waals surface area contributed by atoms with Crippen LogP contribution in [0.2, 0.25) is 0 Å². The second-order valence-electron chi connectivity index (χ2n) is 3.50. The number of hydrogen-bond acceptors (Lipinski definition) is 7. The number of H-pyrrole nitrogens is 1. The molecule has 0 bridgehead atoms. The third kappa shape index (κ3) is 3.28. The Morgan fingerprint density at radius 2 is 2.32 bits per heavy atom. The smallest absolute Gasteiger partial charge is 0.251 e. The number of amidine groups is 1. The molecule has 0 fully saturated rings. The Kier molecular flexibility index (Phi) is 3.76. The van der Waals surface area contributed by atoms with Gasteiger partial charge in [0.1, 0.15) is 5.69 Å². The Morgan fingerprint density at radius 3 is 3.00 bits per heavy atom. The zero-order chi connectivity index (χ0) is 13.8. The molecule has 2 aromatic rings. The van der Waals surface area contributed by atoms with E-state index in [9.17, 15) is 4.79 Å². The average Bonchev–Trinajstić information content (AvgIpc) is 2.37. The highest BCUT2D eigenvalue weighted by molar-refractivity contribution is 7.99. The zero-order valence-corrected chi connectivity index (χ0v) is 10.7. The molecule has 19 heavy (non-hydrogen) atoms. The first-order valence-electron chi connectivity index (χ1n) is 5.15. The number of rotatable bonds is 3. The topological polar surface area (TPSA) is 130 Å². The van der Waals surface area contributed by atoms with Gasteiger partial charge in [0.25, 0.3) is 5.56 Å². The highest BCUT2D eigenvalue weighted by Crippen LogP contribution is 2.19. The summed E-state index contributed by atoms with van der Waals surface area (Å²) in [4.78, 5) is 26.1.